The Kier molecular flexibility index (Phi) is 19.4. The van der Waals surface area contributed by atoms with Gasteiger partial charge in [-0.15, -0.1) is 0 Å². The van der Waals surface area contributed by atoms with Gasteiger partial charge in [-0.25, -0.2) is 39.0 Å². The highest BCUT2D eigenvalue weighted by Crippen LogP contribution is 2.57. The van der Waals surface area contributed by atoms with E-state index < -0.39 is 130 Å². The molecule has 0 spiro atoms. The Bertz CT molecular complexity index is 3450. The van der Waals surface area contributed by atoms with Gasteiger partial charge in [-0.2, -0.15) is 10.5 Å². The summed E-state index contributed by atoms with van der Waals surface area (Å²) in [4.78, 5) is 64.7. The van der Waals surface area contributed by atoms with Crippen LogP contribution in [0.15, 0.2) is 86.0 Å². The van der Waals surface area contributed by atoms with E-state index in [-0.39, 0.29) is 46.8 Å². The van der Waals surface area contributed by atoms with Crippen molar-refractivity contribution in [2.45, 2.75) is 140 Å². The number of aliphatic hydroxyl groups excluding tert-OH is 1. The van der Waals surface area contributed by atoms with Crippen LogP contribution >= 0.6 is 15.6 Å². The number of hydrogen-bond donors (Lipinski definition) is 4. The molecule has 0 aliphatic carbocycles. The summed E-state index contributed by atoms with van der Waals surface area (Å²) >= 11 is 0. The molecule has 27 nitrogen and oxygen atoms in total. The van der Waals surface area contributed by atoms with Gasteiger partial charge in [-0.05, 0) is 60.5 Å². The number of nitriles is 2. The number of phosphoric ester groups is 2. The van der Waals surface area contributed by atoms with Gasteiger partial charge < -0.3 is 39.0 Å². The van der Waals surface area contributed by atoms with Gasteiger partial charge in [-0.1, -0.05) is 77.9 Å². The highest BCUT2D eigenvalue weighted by Gasteiger charge is 2.57. The van der Waals surface area contributed by atoms with Gasteiger partial charge >= 0.3 is 15.6 Å². The second-order valence-electron chi connectivity index (χ2n) is 22.6. The van der Waals surface area contributed by atoms with Crippen molar-refractivity contribution in [1.29, 1.82) is 10.5 Å². The minimum absolute atomic E-state index is 0.0511. The molecule has 444 valence electrons. The van der Waals surface area contributed by atoms with Gasteiger partial charge in [0.1, 0.15) is 49.3 Å². The van der Waals surface area contributed by atoms with E-state index in [9.17, 15) is 34.7 Å². The van der Waals surface area contributed by atoms with E-state index in [4.69, 9.17) is 40.9 Å². The molecule has 6 aromatic rings. The number of imidazole rings is 2. The number of aromatic nitrogens is 8. The van der Waals surface area contributed by atoms with Crippen LogP contribution in [0, 0.1) is 22.7 Å². The summed E-state index contributed by atoms with van der Waals surface area (Å²) in [5.41, 5.74) is 1.36. The average molecular weight is 1220 g/mol. The Morgan fingerprint density at radius 2 is 1.07 bits per heavy atom. The molecule has 0 radical (unpaired) electrons. The smallest absolute Gasteiger partial charge is 0.407 e. The lowest BCUT2D eigenvalue weighted by molar-refractivity contribution is -0.0602. The van der Waals surface area contributed by atoms with Crippen molar-refractivity contribution in [3.8, 4) is 12.1 Å². The van der Waals surface area contributed by atoms with Crippen molar-refractivity contribution in [2.24, 2.45) is 0 Å². The molecule has 2 amide bonds. The molecule has 2 fully saturated rings. The van der Waals surface area contributed by atoms with Crippen LogP contribution in [0.3, 0.4) is 0 Å². The molecule has 6 heterocycles. The molecule has 0 saturated carbocycles. The number of anilines is 2. The third-order valence-corrected chi connectivity index (χ3v) is 26.3. The fourth-order valence-corrected chi connectivity index (χ4v) is 13.4. The predicted molar refractivity (Wildman–Crippen MR) is 304 cm³/mol. The lowest BCUT2D eigenvalue weighted by Crippen LogP contribution is -2.49. The molecule has 2 aromatic carbocycles. The predicted octanol–water partition coefficient (Wildman–Crippen LogP) is 8.59. The Hall–Kier alpha value is -6.09. The van der Waals surface area contributed by atoms with Crippen molar-refractivity contribution in [1.82, 2.24) is 39.0 Å². The number of nitrogens with zero attached hydrogens (tertiary/aromatic N) is 10. The number of fused-ring (bicyclic) bond motifs is 2. The van der Waals surface area contributed by atoms with Crippen LogP contribution in [0.1, 0.15) is 87.6 Å². The molecule has 10 atom stereocenters. The Morgan fingerprint density at radius 1 is 0.639 bits per heavy atom. The molecule has 2 unspecified atom stereocenters. The summed E-state index contributed by atoms with van der Waals surface area (Å²) in [6.07, 6.45) is -6.36. The first-order chi connectivity index (χ1) is 39.2. The van der Waals surface area contributed by atoms with Crippen molar-refractivity contribution in [3.05, 3.63) is 97.1 Å². The number of aliphatic hydroxyl groups is 1. The molecule has 2 saturated heterocycles. The summed E-state index contributed by atoms with van der Waals surface area (Å²) in [5.74, 6) is -0.790. The first-order valence-electron chi connectivity index (χ1n) is 26.5. The molecule has 83 heavy (non-hydrogen) atoms. The van der Waals surface area contributed by atoms with Gasteiger partial charge in [0.2, 0.25) is 0 Å². The quantitative estimate of drug-likeness (QED) is 0.0250. The number of amides is 2. The van der Waals surface area contributed by atoms with Crippen molar-refractivity contribution in [3.63, 3.8) is 0 Å². The minimum atomic E-state index is -5.11. The largest absolute Gasteiger partial charge is 0.475 e. The van der Waals surface area contributed by atoms with Crippen LogP contribution in [0.5, 0.6) is 0 Å². The SMILES string of the molecule is CC(C)(C)[Si](C)(C)O[C@@H]1[C@H](OP(=O)(O)OCCC#N)[C@@H](COP(=O)(OCCC#N)O[C@H]2[C@@H](O[Si](C)(C)C(C)(C)C)[C@H](n3cnc4c(NC(=O)c5ccccc5)ncnc43)O[C@@H]2CO)O[C@H]1n1cnc2c(NC(=O)c3ccccc3)ncnc21. The maximum absolute atomic E-state index is 15.6. The van der Waals surface area contributed by atoms with Gasteiger partial charge in [-0.3, -0.25) is 41.3 Å². The van der Waals surface area contributed by atoms with E-state index in [1.807, 2.05) is 79.9 Å². The maximum Gasteiger partial charge on any atom is 0.475 e. The molecule has 2 aliphatic rings. The third kappa shape index (κ3) is 14.4. The molecular formula is C52H68N12O15P2Si2. The first-order valence-corrected chi connectivity index (χ1v) is 35.3. The first kappa shape index (κ1) is 62.9. The molecule has 31 heteroatoms. The second-order valence-corrected chi connectivity index (χ2v) is 35.1. The van der Waals surface area contributed by atoms with Crippen LogP contribution in [0.25, 0.3) is 22.3 Å². The number of carbonyl (C=O) groups excluding carboxylic acids is 2. The number of benzene rings is 2. The molecular weight excluding hydrogens is 1150 g/mol. The number of hydrogen-bond acceptors (Lipinski definition) is 22. The van der Waals surface area contributed by atoms with E-state index in [0.29, 0.717) is 11.1 Å². The standard InChI is InChI=1S/C52H68N12O15P2Si2/c1-51(2,3)82(7,8)78-41-39(35(27-65)74-49(41)63-31-59-37-43(55-29-57-45(37)63)61-47(66)33-19-13-11-14-20-33)77-81(70,72-26-18-24-54)73-28-36-40(76-80(68,69)71-25-17-23-53)42(79-83(9,10)52(4,5)6)50(75-36)64-32-60-38-44(56-30-58-46(38)64)62-48(67)34-21-15-12-16-22-34/h11-16,19-22,29-32,35-36,39-42,49-50,65H,17-18,25-28H2,1-10H3,(H,68,69)(H,55,57,61,66)(H,56,58,62,67)/t35-,36-,39-,40-,41-,42-,49-,50-,81?/m1/s1. The maximum atomic E-state index is 15.6. The molecule has 8 rings (SSSR count). The topological polar surface area (TPSA) is 351 Å². The van der Waals surface area contributed by atoms with Crippen LogP contribution < -0.4 is 10.6 Å². The number of carbonyl (C=O) groups is 2. The van der Waals surface area contributed by atoms with Crippen molar-refractivity contribution >= 4 is 78.1 Å². The van der Waals surface area contributed by atoms with Crippen molar-refractivity contribution < 1.29 is 69.7 Å². The van der Waals surface area contributed by atoms with Gasteiger partial charge in [0.15, 0.2) is 63.1 Å². The van der Waals surface area contributed by atoms with E-state index in [0.717, 1.165) is 0 Å². The average Bonchev–Trinajstić information content (AvgIpc) is 4.36. The van der Waals surface area contributed by atoms with Gasteiger partial charge in [0.25, 0.3) is 11.8 Å². The lowest BCUT2D eigenvalue weighted by atomic mass is 10.1. The summed E-state index contributed by atoms with van der Waals surface area (Å²) < 4.78 is 89.8. The van der Waals surface area contributed by atoms with Crippen LogP contribution in [-0.4, -0.2) is 141 Å². The Balaban J connectivity index is 1.17. The normalized spacial score (nSPS) is 22.9. The van der Waals surface area contributed by atoms with Crippen LogP contribution in [0.4, 0.5) is 11.6 Å². The zero-order chi connectivity index (χ0) is 60.1. The van der Waals surface area contributed by atoms with E-state index in [1.54, 1.807) is 60.7 Å². The van der Waals surface area contributed by atoms with Crippen LogP contribution in [0.2, 0.25) is 36.3 Å². The number of nitrogens with one attached hydrogen (secondary N) is 2. The fraction of sp³-hybridized carbons (Fsp3) is 0.500. The number of ether oxygens (including phenoxy) is 2. The summed E-state index contributed by atoms with van der Waals surface area (Å²) in [6.45, 7) is 17.2. The molecule has 4 N–H and O–H groups in total. The highest BCUT2D eigenvalue weighted by molar-refractivity contribution is 7.48. The molecule has 0 bridgehead atoms. The fourth-order valence-electron chi connectivity index (χ4n) is 8.49. The minimum Gasteiger partial charge on any atom is -0.407 e. The Morgan fingerprint density at radius 3 is 1.51 bits per heavy atom. The van der Waals surface area contributed by atoms with Crippen LogP contribution in [-0.2, 0) is 50.1 Å². The van der Waals surface area contributed by atoms with E-state index in [2.05, 4.69) is 40.5 Å². The zero-order valence-electron chi connectivity index (χ0n) is 47.5. The van der Waals surface area contributed by atoms with E-state index >= 15 is 4.57 Å². The van der Waals surface area contributed by atoms with Gasteiger partial charge in [0.05, 0.1) is 64.1 Å². The summed E-state index contributed by atoms with van der Waals surface area (Å²) in [7, 11) is -16.0. The molecule has 4 aromatic heterocycles. The summed E-state index contributed by atoms with van der Waals surface area (Å²) in [5, 5.41) is 34.7. The zero-order valence-corrected chi connectivity index (χ0v) is 51.3. The monoisotopic (exact) mass is 1220 g/mol. The lowest BCUT2D eigenvalue weighted by Gasteiger charge is -2.41. The second kappa shape index (κ2) is 25.6. The molecule has 2 aliphatic heterocycles. The number of phosphoric acid groups is 2. The summed E-state index contributed by atoms with van der Waals surface area (Å²) in [6, 6.07) is 20.7. The highest BCUT2D eigenvalue weighted by atomic mass is 31.2. The number of rotatable bonds is 24. The third-order valence-electron chi connectivity index (χ3n) is 14.9. The van der Waals surface area contributed by atoms with Crippen molar-refractivity contribution in [2.75, 3.05) is 37.1 Å². The Labute approximate surface area is 481 Å². The van der Waals surface area contributed by atoms with E-state index in [1.165, 1.54) is 34.4 Å². The van der Waals surface area contributed by atoms with Gasteiger partial charge in [0, 0.05) is 11.1 Å².